The van der Waals surface area contributed by atoms with Crippen LogP contribution in [0.5, 0.6) is 0 Å². The van der Waals surface area contributed by atoms with Crippen LogP contribution < -0.4 is 10.6 Å². The highest BCUT2D eigenvalue weighted by atomic mass is 35.5. The summed E-state index contributed by atoms with van der Waals surface area (Å²) in [6.07, 6.45) is 5.87. The number of hydrogen-bond donors (Lipinski definition) is 2. The van der Waals surface area contributed by atoms with Crippen LogP contribution in [0.3, 0.4) is 0 Å². The van der Waals surface area contributed by atoms with Gasteiger partial charge in [0.1, 0.15) is 0 Å². The fraction of sp³-hybridized carbons (Fsp3) is 0.333. The molecule has 2 heterocycles. The molecule has 35 heavy (non-hydrogen) atoms. The van der Waals surface area contributed by atoms with E-state index in [-0.39, 0.29) is 11.9 Å². The Morgan fingerprint density at radius 1 is 1.09 bits per heavy atom. The van der Waals surface area contributed by atoms with Crippen LogP contribution in [0.4, 0.5) is 10.5 Å². The Hall–Kier alpha value is -2.25. The third kappa shape index (κ3) is 7.37. The van der Waals surface area contributed by atoms with E-state index in [2.05, 4.69) is 57.2 Å². The van der Waals surface area contributed by atoms with Gasteiger partial charge in [0.2, 0.25) is 0 Å². The molecule has 5 nitrogen and oxygen atoms in total. The molecule has 2 N–H and O–H groups in total. The van der Waals surface area contributed by atoms with Crippen molar-refractivity contribution in [2.75, 3.05) is 30.7 Å². The molecular formula is C27H30Cl2N4OS. The van der Waals surface area contributed by atoms with Gasteiger partial charge in [0.15, 0.2) is 0 Å². The van der Waals surface area contributed by atoms with Crippen LogP contribution in [-0.2, 0) is 0 Å². The summed E-state index contributed by atoms with van der Waals surface area (Å²) >= 11 is 14.0. The average Bonchev–Trinajstić information content (AvgIpc) is 2.85. The monoisotopic (exact) mass is 528 g/mol. The van der Waals surface area contributed by atoms with Crippen LogP contribution in [0, 0.1) is 5.92 Å². The Labute approximate surface area is 221 Å². The van der Waals surface area contributed by atoms with E-state index in [1.807, 2.05) is 24.2 Å². The molecule has 0 saturated carbocycles. The molecule has 1 aliphatic heterocycles. The lowest BCUT2D eigenvalue weighted by Gasteiger charge is -2.35. The summed E-state index contributed by atoms with van der Waals surface area (Å²) in [5.74, 6) is 1.81. The van der Waals surface area contributed by atoms with Gasteiger partial charge in [0, 0.05) is 59.4 Å². The third-order valence-corrected chi connectivity index (χ3v) is 7.74. The maximum Gasteiger partial charge on any atom is 0.319 e. The fourth-order valence-electron chi connectivity index (χ4n) is 4.61. The van der Waals surface area contributed by atoms with Crippen molar-refractivity contribution in [3.8, 4) is 11.1 Å². The molecular weight excluding hydrogens is 499 g/mol. The van der Waals surface area contributed by atoms with Crippen LogP contribution in [0.15, 0.2) is 67.0 Å². The van der Waals surface area contributed by atoms with Gasteiger partial charge in [0.05, 0.1) is 0 Å². The van der Waals surface area contributed by atoms with Crippen molar-refractivity contribution in [1.82, 2.24) is 14.6 Å². The number of aromatic nitrogens is 1. The van der Waals surface area contributed by atoms with Crippen molar-refractivity contribution in [2.45, 2.75) is 25.7 Å². The molecule has 0 spiro atoms. The molecule has 0 bridgehead atoms. The third-order valence-electron chi connectivity index (χ3n) is 6.32. The molecule has 1 aliphatic rings. The van der Waals surface area contributed by atoms with E-state index in [1.54, 1.807) is 24.4 Å². The number of benzene rings is 2. The Morgan fingerprint density at radius 3 is 2.43 bits per heavy atom. The number of halogens is 2. The van der Waals surface area contributed by atoms with Gasteiger partial charge >= 0.3 is 6.03 Å². The summed E-state index contributed by atoms with van der Waals surface area (Å²) < 4.78 is 2.46. The summed E-state index contributed by atoms with van der Waals surface area (Å²) in [5, 5.41) is 6.90. The number of rotatable bonds is 8. The molecule has 1 fully saturated rings. The largest absolute Gasteiger partial charge is 0.337 e. The van der Waals surface area contributed by atoms with Gasteiger partial charge in [-0.25, -0.2) is 4.79 Å². The molecule has 2 aromatic carbocycles. The van der Waals surface area contributed by atoms with E-state index in [9.17, 15) is 4.79 Å². The average molecular weight is 530 g/mol. The first-order chi connectivity index (χ1) is 17.0. The molecule has 3 aromatic rings. The number of pyridine rings is 1. The minimum atomic E-state index is -0.265. The van der Waals surface area contributed by atoms with Crippen LogP contribution in [0.1, 0.15) is 31.2 Å². The Morgan fingerprint density at radius 2 is 1.80 bits per heavy atom. The summed E-state index contributed by atoms with van der Waals surface area (Å²) in [6.45, 7) is 4.89. The standard InChI is InChI=1S/C27H30Cl2N4OS/c1-2-35-33-12-9-21(10-13-33)26(18-31-27(34)32-25-15-23(28)14-24(29)16-25)20-7-5-19(6-8-20)22-4-3-11-30-17-22/h3-8,11,14-17,21,26H,2,9-10,12-13,18H2,1H3,(H2,31,32,34). The minimum Gasteiger partial charge on any atom is -0.337 e. The molecule has 1 atom stereocenters. The second kappa shape index (κ2) is 12.6. The topological polar surface area (TPSA) is 57.3 Å². The number of anilines is 1. The van der Waals surface area contributed by atoms with Gasteiger partial charge in [0.25, 0.3) is 0 Å². The van der Waals surface area contributed by atoms with Gasteiger partial charge in [-0.3, -0.25) is 9.29 Å². The number of hydrogen-bond acceptors (Lipinski definition) is 4. The highest BCUT2D eigenvalue weighted by molar-refractivity contribution is 7.96. The zero-order valence-electron chi connectivity index (χ0n) is 19.7. The molecule has 184 valence electrons. The number of amides is 2. The van der Waals surface area contributed by atoms with Crippen LogP contribution in [-0.4, -0.2) is 40.7 Å². The number of piperidine rings is 1. The zero-order chi connectivity index (χ0) is 24.6. The summed E-state index contributed by atoms with van der Waals surface area (Å²) in [6, 6.07) is 17.4. The van der Waals surface area contributed by atoms with Crippen molar-refractivity contribution in [3.63, 3.8) is 0 Å². The Kier molecular flexibility index (Phi) is 9.32. The molecule has 1 saturated heterocycles. The second-order valence-corrected chi connectivity index (χ2v) is 10.9. The first-order valence-electron chi connectivity index (χ1n) is 11.9. The normalized spacial score (nSPS) is 15.5. The smallest absolute Gasteiger partial charge is 0.319 e. The second-order valence-electron chi connectivity index (χ2n) is 8.65. The molecule has 0 aliphatic carbocycles. The van der Waals surface area contributed by atoms with E-state index in [0.717, 1.165) is 42.8 Å². The zero-order valence-corrected chi connectivity index (χ0v) is 22.0. The molecule has 2 amide bonds. The fourth-order valence-corrected chi connectivity index (χ4v) is 5.97. The predicted molar refractivity (Wildman–Crippen MR) is 148 cm³/mol. The molecule has 1 unspecified atom stereocenters. The highest BCUT2D eigenvalue weighted by Crippen LogP contribution is 2.35. The van der Waals surface area contributed by atoms with Crippen molar-refractivity contribution < 1.29 is 4.79 Å². The predicted octanol–water partition coefficient (Wildman–Crippen LogP) is 7.34. The quantitative estimate of drug-likeness (QED) is 0.300. The van der Waals surface area contributed by atoms with E-state index in [0.29, 0.717) is 28.2 Å². The van der Waals surface area contributed by atoms with Gasteiger partial charge in [-0.05, 0) is 59.7 Å². The van der Waals surface area contributed by atoms with E-state index in [1.165, 1.54) is 5.56 Å². The highest BCUT2D eigenvalue weighted by Gasteiger charge is 2.28. The first-order valence-corrected chi connectivity index (χ1v) is 13.6. The Balaban J connectivity index is 1.46. The van der Waals surface area contributed by atoms with Gasteiger partial charge in [-0.15, -0.1) is 0 Å². The van der Waals surface area contributed by atoms with Gasteiger partial charge in [-0.2, -0.15) is 0 Å². The van der Waals surface area contributed by atoms with Gasteiger partial charge in [-0.1, -0.05) is 72.4 Å². The molecule has 4 rings (SSSR count). The molecule has 8 heteroatoms. The summed E-state index contributed by atoms with van der Waals surface area (Å²) in [7, 11) is 0. The lowest BCUT2D eigenvalue weighted by molar-refractivity contribution is 0.239. The molecule has 0 radical (unpaired) electrons. The van der Waals surface area contributed by atoms with E-state index in [4.69, 9.17) is 23.2 Å². The Bertz CT molecular complexity index is 1090. The van der Waals surface area contributed by atoms with Gasteiger partial charge < -0.3 is 10.6 Å². The number of urea groups is 1. The maximum atomic E-state index is 12.7. The van der Waals surface area contributed by atoms with Crippen molar-refractivity contribution >= 4 is 46.9 Å². The molecule has 1 aromatic heterocycles. The van der Waals surface area contributed by atoms with Crippen molar-refractivity contribution in [2.24, 2.45) is 5.92 Å². The maximum absolute atomic E-state index is 12.7. The summed E-state index contributed by atoms with van der Waals surface area (Å²) in [4.78, 5) is 16.9. The van der Waals surface area contributed by atoms with Crippen LogP contribution >= 0.6 is 35.1 Å². The summed E-state index contributed by atoms with van der Waals surface area (Å²) in [5.41, 5.74) is 4.05. The number of carbonyl (C=O) groups is 1. The lowest BCUT2D eigenvalue weighted by atomic mass is 9.80. The van der Waals surface area contributed by atoms with Crippen molar-refractivity contribution in [3.05, 3.63) is 82.6 Å². The van der Waals surface area contributed by atoms with Crippen molar-refractivity contribution in [1.29, 1.82) is 0 Å². The SMILES string of the molecule is CCSN1CCC(C(CNC(=O)Nc2cc(Cl)cc(Cl)c2)c2ccc(-c3cccnc3)cc2)CC1. The minimum absolute atomic E-state index is 0.223. The first kappa shape index (κ1) is 25.8. The van der Waals surface area contributed by atoms with E-state index >= 15 is 0 Å². The van der Waals surface area contributed by atoms with Crippen LogP contribution in [0.2, 0.25) is 10.0 Å². The number of nitrogens with one attached hydrogen (secondary N) is 2. The number of nitrogens with zero attached hydrogens (tertiary/aromatic N) is 2. The van der Waals surface area contributed by atoms with E-state index < -0.39 is 0 Å². The van der Waals surface area contributed by atoms with Crippen LogP contribution in [0.25, 0.3) is 11.1 Å². The number of carbonyl (C=O) groups excluding carboxylic acids is 1. The lowest BCUT2D eigenvalue weighted by Crippen LogP contribution is -2.38.